The Hall–Kier alpha value is -1.19. The monoisotopic (exact) mass is 324 g/mol. The third kappa shape index (κ3) is 12.3. The van der Waals surface area contributed by atoms with Crippen molar-refractivity contribution in [1.29, 1.82) is 0 Å². The highest BCUT2D eigenvalue weighted by atomic mass is 32.2. The average molecular weight is 324 g/mol. The van der Waals surface area contributed by atoms with Crippen LogP contribution in [-0.2, 0) is 19.4 Å². The number of carbonyl (C=O) groups excluding carboxylic acids is 2. The van der Waals surface area contributed by atoms with Crippen LogP contribution in [0, 0.1) is 0 Å². The molecule has 0 saturated heterocycles. The predicted octanol–water partition coefficient (Wildman–Crippen LogP) is -1.82. The molecule has 0 aromatic carbocycles. The molecule has 0 aliphatic carbocycles. The van der Waals surface area contributed by atoms with Crippen LogP contribution in [-0.4, -0.2) is 67.2 Å². The molecule has 0 fully saturated rings. The van der Waals surface area contributed by atoms with Crippen molar-refractivity contribution < 1.29 is 28.2 Å². The minimum atomic E-state index is -3.61. The molecule has 0 heterocycles. The molecule has 2 unspecified atom stereocenters. The van der Waals surface area contributed by atoms with Crippen LogP contribution in [0.2, 0.25) is 0 Å². The van der Waals surface area contributed by atoms with E-state index in [1.165, 1.54) is 13.8 Å². The van der Waals surface area contributed by atoms with E-state index in [1.54, 1.807) is 0 Å². The number of hydrogen-bond acceptors (Lipinski definition) is 6. The van der Waals surface area contributed by atoms with Crippen LogP contribution >= 0.6 is 0 Å². The molecule has 21 heavy (non-hydrogen) atoms. The van der Waals surface area contributed by atoms with Crippen molar-refractivity contribution in [2.75, 3.05) is 24.6 Å². The Balaban J connectivity index is 4.05. The van der Waals surface area contributed by atoms with Crippen LogP contribution in [0.25, 0.3) is 0 Å². The standard InChI is InChI=1S/C12H24N2O6S/c1-9(15)13-5-3-11(17)7-21(19,20)8-12(18)4-6-14-10(2)16/h11-12,17-18H,3-8H2,1-2H3,(H,13,15)(H,14,16). The van der Waals surface area contributed by atoms with E-state index in [2.05, 4.69) is 10.6 Å². The fourth-order valence-corrected chi connectivity index (χ4v) is 3.29. The van der Waals surface area contributed by atoms with Gasteiger partial charge in [-0.15, -0.1) is 0 Å². The molecule has 0 saturated carbocycles. The lowest BCUT2D eigenvalue weighted by atomic mass is 10.3. The number of rotatable bonds is 10. The van der Waals surface area contributed by atoms with Crippen LogP contribution in [0.3, 0.4) is 0 Å². The Kier molecular flexibility index (Phi) is 9.14. The van der Waals surface area contributed by atoms with Gasteiger partial charge in [-0.05, 0) is 12.8 Å². The molecule has 0 aromatic rings. The fourth-order valence-electron chi connectivity index (χ4n) is 1.65. The normalized spacial score (nSPS) is 14.3. The van der Waals surface area contributed by atoms with Crippen molar-refractivity contribution in [3.63, 3.8) is 0 Å². The van der Waals surface area contributed by atoms with Crippen molar-refractivity contribution in [2.45, 2.75) is 38.9 Å². The number of amides is 2. The van der Waals surface area contributed by atoms with Crippen LogP contribution in [0.15, 0.2) is 0 Å². The zero-order chi connectivity index (χ0) is 16.5. The van der Waals surface area contributed by atoms with Gasteiger partial charge in [-0.2, -0.15) is 0 Å². The van der Waals surface area contributed by atoms with Gasteiger partial charge in [-0.3, -0.25) is 9.59 Å². The second-order valence-electron chi connectivity index (χ2n) is 4.93. The van der Waals surface area contributed by atoms with E-state index in [-0.39, 0.29) is 37.7 Å². The first-order valence-corrected chi connectivity index (χ1v) is 8.50. The van der Waals surface area contributed by atoms with Gasteiger partial charge in [-0.25, -0.2) is 8.42 Å². The van der Waals surface area contributed by atoms with E-state index in [0.29, 0.717) is 0 Å². The van der Waals surface area contributed by atoms with Crippen LogP contribution in [0.1, 0.15) is 26.7 Å². The van der Waals surface area contributed by atoms with Gasteiger partial charge in [0.1, 0.15) is 0 Å². The highest BCUT2D eigenvalue weighted by Crippen LogP contribution is 2.03. The lowest BCUT2D eigenvalue weighted by Crippen LogP contribution is -2.33. The maximum atomic E-state index is 11.8. The number of aliphatic hydroxyl groups is 2. The van der Waals surface area contributed by atoms with E-state index >= 15 is 0 Å². The molecule has 0 aliphatic rings. The third-order valence-electron chi connectivity index (χ3n) is 2.60. The third-order valence-corrected chi connectivity index (χ3v) is 4.38. The zero-order valence-electron chi connectivity index (χ0n) is 12.3. The highest BCUT2D eigenvalue weighted by Gasteiger charge is 2.21. The number of carbonyl (C=O) groups is 2. The molecular formula is C12H24N2O6S. The number of hydrogen-bond donors (Lipinski definition) is 4. The summed E-state index contributed by atoms with van der Waals surface area (Å²) in [7, 11) is -3.61. The summed E-state index contributed by atoms with van der Waals surface area (Å²) in [5.41, 5.74) is 0. The van der Waals surface area contributed by atoms with Gasteiger partial charge in [0.05, 0.1) is 23.7 Å². The molecule has 9 heteroatoms. The van der Waals surface area contributed by atoms with Crippen molar-refractivity contribution in [1.82, 2.24) is 10.6 Å². The summed E-state index contributed by atoms with van der Waals surface area (Å²) in [6, 6.07) is 0. The quantitative estimate of drug-likeness (QED) is 0.374. The predicted molar refractivity (Wildman–Crippen MR) is 77.3 cm³/mol. The van der Waals surface area contributed by atoms with E-state index in [1.807, 2.05) is 0 Å². The summed E-state index contributed by atoms with van der Waals surface area (Å²) in [6.07, 6.45) is -1.93. The van der Waals surface area contributed by atoms with Crippen LogP contribution in [0.4, 0.5) is 0 Å². The Bertz CT molecular complexity index is 403. The van der Waals surface area contributed by atoms with Crippen LogP contribution in [0.5, 0.6) is 0 Å². The summed E-state index contributed by atoms with van der Waals surface area (Å²) < 4.78 is 23.5. The second kappa shape index (κ2) is 9.69. The van der Waals surface area contributed by atoms with Gasteiger partial charge in [-0.1, -0.05) is 0 Å². The minimum absolute atomic E-state index is 0.126. The zero-order valence-corrected chi connectivity index (χ0v) is 13.1. The first-order valence-electron chi connectivity index (χ1n) is 6.68. The Morgan fingerprint density at radius 1 is 0.905 bits per heavy atom. The first-order chi connectivity index (χ1) is 9.62. The summed E-state index contributed by atoms with van der Waals surface area (Å²) >= 11 is 0. The molecule has 4 N–H and O–H groups in total. The molecular weight excluding hydrogens is 300 g/mol. The minimum Gasteiger partial charge on any atom is -0.392 e. The lowest BCUT2D eigenvalue weighted by Gasteiger charge is -2.14. The maximum absolute atomic E-state index is 11.8. The molecule has 124 valence electrons. The fraction of sp³-hybridized carbons (Fsp3) is 0.833. The molecule has 0 aliphatic heterocycles. The van der Waals surface area contributed by atoms with Crippen molar-refractivity contribution >= 4 is 21.7 Å². The molecule has 2 amide bonds. The van der Waals surface area contributed by atoms with Gasteiger partial charge in [0.25, 0.3) is 0 Å². The van der Waals surface area contributed by atoms with Gasteiger partial charge < -0.3 is 20.8 Å². The van der Waals surface area contributed by atoms with Gasteiger partial charge in [0.15, 0.2) is 9.84 Å². The summed E-state index contributed by atoms with van der Waals surface area (Å²) in [6.45, 7) is 3.04. The number of sulfone groups is 1. The van der Waals surface area contributed by atoms with E-state index < -0.39 is 33.6 Å². The summed E-state index contributed by atoms with van der Waals surface area (Å²) in [4.78, 5) is 21.3. The topological polar surface area (TPSA) is 133 Å². The number of aliphatic hydroxyl groups excluding tert-OH is 2. The Morgan fingerprint density at radius 2 is 1.24 bits per heavy atom. The smallest absolute Gasteiger partial charge is 0.216 e. The SMILES string of the molecule is CC(=O)NCCC(O)CS(=O)(=O)CC(O)CCNC(C)=O. The highest BCUT2D eigenvalue weighted by molar-refractivity contribution is 7.91. The molecule has 2 atom stereocenters. The second-order valence-corrected chi connectivity index (χ2v) is 7.08. The molecule has 8 nitrogen and oxygen atoms in total. The van der Waals surface area contributed by atoms with Crippen LogP contribution < -0.4 is 10.6 Å². The lowest BCUT2D eigenvalue weighted by molar-refractivity contribution is -0.119. The van der Waals surface area contributed by atoms with E-state index in [4.69, 9.17) is 0 Å². The Morgan fingerprint density at radius 3 is 1.52 bits per heavy atom. The van der Waals surface area contributed by atoms with E-state index in [0.717, 1.165) is 0 Å². The summed E-state index contributed by atoms with van der Waals surface area (Å²) in [5, 5.41) is 24.1. The molecule has 0 aromatic heterocycles. The Labute approximate surface area is 124 Å². The largest absolute Gasteiger partial charge is 0.392 e. The van der Waals surface area contributed by atoms with Crippen molar-refractivity contribution in [3.05, 3.63) is 0 Å². The van der Waals surface area contributed by atoms with Gasteiger partial charge in [0, 0.05) is 26.9 Å². The number of nitrogens with one attached hydrogen (secondary N) is 2. The van der Waals surface area contributed by atoms with Gasteiger partial charge >= 0.3 is 0 Å². The molecule has 0 rings (SSSR count). The molecule has 0 bridgehead atoms. The van der Waals surface area contributed by atoms with Crippen molar-refractivity contribution in [2.24, 2.45) is 0 Å². The first kappa shape index (κ1) is 19.8. The van der Waals surface area contributed by atoms with Gasteiger partial charge in [0.2, 0.25) is 11.8 Å². The maximum Gasteiger partial charge on any atom is 0.216 e. The average Bonchev–Trinajstić information content (AvgIpc) is 2.25. The summed E-state index contributed by atoms with van der Waals surface area (Å²) in [5.74, 6) is -1.44. The molecule has 0 radical (unpaired) electrons. The van der Waals surface area contributed by atoms with E-state index in [9.17, 15) is 28.2 Å². The molecule has 0 spiro atoms. The van der Waals surface area contributed by atoms with Crippen molar-refractivity contribution in [3.8, 4) is 0 Å².